The number of hydrogen-bond donors (Lipinski definition) is 2. The zero-order valence-electron chi connectivity index (χ0n) is 13.1. The van der Waals surface area contributed by atoms with Gasteiger partial charge < -0.3 is 5.32 Å². The molecule has 0 saturated heterocycles. The molecule has 0 amide bonds. The van der Waals surface area contributed by atoms with E-state index in [1.807, 2.05) is 22.6 Å². The molecule has 1 heterocycles. The summed E-state index contributed by atoms with van der Waals surface area (Å²) in [5, 5.41) is 2.41. The Labute approximate surface area is 175 Å². The minimum Gasteiger partial charge on any atom is -0.349 e. The Balaban J connectivity index is 2.02. The average molecular weight is 545 g/mol. The fourth-order valence-electron chi connectivity index (χ4n) is 2.12. The highest BCUT2D eigenvalue weighted by atomic mass is 127. The van der Waals surface area contributed by atoms with Crippen LogP contribution in [0.2, 0.25) is 4.34 Å². The zero-order chi connectivity index (χ0) is 19.8. The molecule has 142 valence electrons. The van der Waals surface area contributed by atoms with Crippen molar-refractivity contribution in [2.24, 2.45) is 0 Å². The number of anilines is 3. The van der Waals surface area contributed by atoms with E-state index in [-0.39, 0.29) is 19.9 Å². The van der Waals surface area contributed by atoms with Crippen LogP contribution in [0.25, 0.3) is 0 Å². The summed E-state index contributed by atoms with van der Waals surface area (Å²) in [7, 11) is -4.09. The normalized spacial score (nSPS) is 11.4. The minimum absolute atomic E-state index is 0.108. The smallest absolute Gasteiger partial charge is 0.271 e. The molecule has 0 spiro atoms. The van der Waals surface area contributed by atoms with Crippen LogP contribution in [0.3, 0.4) is 0 Å². The summed E-state index contributed by atoms with van der Waals surface area (Å²) in [4.78, 5) is 0. The third-order valence-electron chi connectivity index (χ3n) is 3.34. The summed E-state index contributed by atoms with van der Waals surface area (Å²) in [6, 6.07) is 8.56. The van der Waals surface area contributed by atoms with Gasteiger partial charge in [-0.05, 0) is 65.1 Å². The van der Waals surface area contributed by atoms with Gasteiger partial charge in [0.25, 0.3) is 10.0 Å². The molecule has 0 fully saturated rings. The van der Waals surface area contributed by atoms with Crippen molar-refractivity contribution in [2.45, 2.75) is 4.21 Å². The van der Waals surface area contributed by atoms with E-state index in [0.717, 1.165) is 23.5 Å². The first-order chi connectivity index (χ1) is 12.7. The molecule has 27 heavy (non-hydrogen) atoms. The van der Waals surface area contributed by atoms with E-state index >= 15 is 0 Å². The zero-order valence-corrected chi connectivity index (χ0v) is 17.6. The number of nitrogens with one attached hydrogen (secondary N) is 2. The van der Waals surface area contributed by atoms with E-state index in [9.17, 15) is 21.6 Å². The number of rotatable bonds is 5. The van der Waals surface area contributed by atoms with Gasteiger partial charge in [0.15, 0.2) is 11.6 Å². The summed E-state index contributed by atoms with van der Waals surface area (Å²) in [6.07, 6.45) is 0. The van der Waals surface area contributed by atoms with Crippen LogP contribution >= 0.6 is 45.5 Å². The van der Waals surface area contributed by atoms with Crippen molar-refractivity contribution in [3.8, 4) is 0 Å². The van der Waals surface area contributed by atoms with Gasteiger partial charge in [0.05, 0.1) is 15.7 Å². The summed E-state index contributed by atoms with van der Waals surface area (Å²) >= 11 is 8.44. The fraction of sp³-hybridized carbons (Fsp3) is 0. The Morgan fingerprint density at radius 3 is 2.30 bits per heavy atom. The first-order valence-corrected chi connectivity index (χ1v) is 10.9. The Hall–Kier alpha value is -1.50. The van der Waals surface area contributed by atoms with E-state index < -0.39 is 33.2 Å². The van der Waals surface area contributed by atoms with Crippen LogP contribution in [-0.2, 0) is 10.0 Å². The van der Waals surface area contributed by atoms with Crippen LogP contribution in [0.4, 0.5) is 30.2 Å². The van der Waals surface area contributed by atoms with Gasteiger partial charge in [0, 0.05) is 3.57 Å². The lowest BCUT2D eigenvalue weighted by atomic mass is 10.2. The average Bonchev–Trinajstić information content (AvgIpc) is 3.03. The highest BCUT2D eigenvalue weighted by molar-refractivity contribution is 14.1. The second kappa shape index (κ2) is 7.86. The summed E-state index contributed by atoms with van der Waals surface area (Å²) < 4.78 is 69.9. The molecule has 2 aromatic carbocycles. The predicted molar refractivity (Wildman–Crippen MR) is 109 cm³/mol. The third kappa shape index (κ3) is 4.50. The molecule has 0 saturated carbocycles. The SMILES string of the molecule is O=S(=O)(Nc1ccc(F)c(F)c1Nc1ccc(I)cc1F)c1ccc(Cl)s1. The van der Waals surface area contributed by atoms with Gasteiger partial charge >= 0.3 is 0 Å². The molecule has 4 nitrogen and oxygen atoms in total. The largest absolute Gasteiger partial charge is 0.349 e. The molecule has 0 bridgehead atoms. The summed E-state index contributed by atoms with van der Waals surface area (Å²) in [5.74, 6) is -3.27. The Bertz CT molecular complexity index is 1120. The van der Waals surface area contributed by atoms with Crippen LogP contribution in [0.5, 0.6) is 0 Å². The van der Waals surface area contributed by atoms with E-state index in [0.29, 0.717) is 3.57 Å². The first-order valence-electron chi connectivity index (χ1n) is 7.15. The molecule has 0 aliphatic rings. The molecule has 3 rings (SSSR count). The summed E-state index contributed by atoms with van der Waals surface area (Å²) in [6.45, 7) is 0. The molecule has 0 unspecified atom stereocenters. The molecule has 0 radical (unpaired) electrons. The monoisotopic (exact) mass is 544 g/mol. The topological polar surface area (TPSA) is 58.2 Å². The fourth-order valence-corrected chi connectivity index (χ4v) is 5.13. The molecular weight excluding hydrogens is 536 g/mol. The maximum Gasteiger partial charge on any atom is 0.271 e. The van der Waals surface area contributed by atoms with Gasteiger partial charge in [0.2, 0.25) is 0 Å². The van der Waals surface area contributed by atoms with Crippen LogP contribution < -0.4 is 10.0 Å². The van der Waals surface area contributed by atoms with Crippen molar-refractivity contribution in [2.75, 3.05) is 10.0 Å². The number of halogens is 5. The standard InChI is InChI=1S/C16H9ClF3IN2O2S2/c17-13-5-6-14(26-13)27(24,25)23-12-4-2-9(18)15(20)16(12)22-11-3-1-8(21)7-10(11)19/h1-7,22-23H. The van der Waals surface area contributed by atoms with Crippen LogP contribution in [0, 0.1) is 21.0 Å². The van der Waals surface area contributed by atoms with Crippen LogP contribution in [0.15, 0.2) is 46.7 Å². The van der Waals surface area contributed by atoms with Crippen LogP contribution in [0.1, 0.15) is 0 Å². The van der Waals surface area contributed by atoms with Gasteiger partial charge in [-0.1, -0.05) is 11.6 Å². The van der Waals surface area contributed by atoms with Crippen molar-refractivity contribution in [3.63, 3.8) is 0 Å². The highest BCUT2D eigenvalue weighted by Gasteiger charge is 2.22. The maximum absolute atomic E-state index is 14.3. The van der Waals surface area contributed by atoms with Gasteiger partial charge in [-0.2, -0.15) is 0 Å². The van der Waals surface area contributed by atoms with Gasteiger partial charge in [0.1, 0.15) is 15.7 Å². The molecular formula is C16H9ClF3IN2O2S2. The molecule has 0 aliphatic heterocycles. The van der Waals surface area contributed by atoms with Gasteiger partial charge in [-0.15, -0.1) is 11.3 Å². The van der Waals surface area contributed by atoms with E-state index in [1.54, 1.807) is 6.07 Å². The second-order valence-corrected chi connectivity index (χ2v) is 10.1. The molecule has 11 heteroatoms. The first kappa shape index (κ1) is 20.2. The van der Waals surface area contributed by atoms with Gasteiger partial charge in [-0.25, -0.2) is 21.6 Å². The number of thiophene rings is 1. The van der Waals surface area contributed by atoms with Crippen molar-refractivity contribution in [1.29, 1.82) is 0 Å². The van der Waals surface area contributed by atoms with E-state index in [2.05, 4.69) is 10.0 Å². The highest BCUT2D eigenvalue weighted by Crippen LogP contribution is 2.34. The van der Waals surface area contributed by atoms with Gasteiger partial charge in [-0.3, -0.25) is 4.72 Å². The number of sulfonamides is 1. The molecule has 3 aromatic rings. The van der Waals surface area contributed by atoms with Crippen molar-refractivity contribution in [3.05, 3.63) is 67.8 Å². The molecule has 2 N–H and O–H groups in total. The lowest BCUT2D eigenvalue weighted by Gasteiger charge is -2.15. The van der Waals surface area contributed by atoms with Crippen LogP contribution in [-0.4, -0.2) is 8.42 Å². The third-order valence-corrected chi connectivity index (χ3v) is 7.10. The maximum atomic E-state index is 14.3. The lowest BCUT2D eigenvalue weighted by Crippen LogP contribution is -2.14. The molecule has 0 aliphatic carbocycles. The van der Waals surface area contributed by atoms with E-state index in [4.69, 9.17) is 11.6 Å². The quantitative estimate of drug-likeness (QED) is 0.389. The lowest BCUT2D eigenvalue weighted by molar-refractivity contribution is 0.512. The minimum atomic E-state index is -4.09. The number of hydrogen-bond acceptors (Lipinski definition) is 4. The molecule has 0 atom stereocenters. The van der Waals surface area contributed by atoms with Crippen molar-refractivity contribution in [1.82, 2.24) is 0 Å². The Kier molecular flexibility index (Phi) is 5.89. The van der Waals surface area contributed by atoms with Crippen molar-refractivity contribution < 1.29 is 21.6 Å². The Morgan fingerprint density at radius 2 is 1.67 bits per heavy atom. The Morgan fingerprint density at radius 1 is 0.963 bits per heavy atom. The predicted octanol–water partition coefficient (Wildman–Crippen LogP) is 5.97. The summed E-state index contributed by atoms with van der Waals surface area (Å²) in [5.41, 5.74) is -0.961. The van der Waals surface area contributed by atoms with E-state index in [1.165, 1.54) is 24.3 Å². The second-order valence-electron chi connectivity index (χ2n) is 5.20. The molecule has 1 aromatic heterocycles. The number of benzene rings is 2. The van der Waals surface area contributed by atoms with Crippen molar-refractivity contribution >= 4 is 72.6 Å².